The molecule has 4 rings (SSSR count). The van der Waals surface area contributed by atoms with E-state index in [1.165, 1.54) is 69.8 Å². The third-order valence-electron chi connectivity index (χ3n) is 7.89. The van der Waals surface area contributed by atoms with E-state index in [9.17, 15) is 13.2 Å². The average Bonchev–Trinajstić information content (AvgIpc) is 2.73. The number of benzene rings is 1. The van der Waals surface area contributed by atoms with E-state index in [0.29, 0.717) is 18.1 Å². The highest BCUT2D eigenvalue weighted by Gasteiger charge is 2.43. The van der Waals surface area contributed by atoms with Crippen molar-refractivity contribution < 1.29 is 17.9 Å². The van der Waals surface area contributed by atoms with Crippen LogP contribution in [-0.2, 0) is 6.42 Å². The number of fused-ring (bicyclic) bond motifs is 1. The van der Waals surface area contributed by atoms with Gasteiger partial charge in [-0.1, -0.05) is 44.7 Å². The topological polar surface area (TPSA) is 9.23 Å². The Labute approximate surface area is 173 Å². The molecule has 3 aliphatic rings. The lowest BCUT2D eigenvalue weighted by Gasteiger charge is -2.38. The minimum atomic E-state index is -4.27. The van der Waals surface area contributed by atoms with E-state index in [0.717, 1.165) is 23.3 Å². The van der Waals surface area contributed by atoms with Crippen molar-refractivity contribution in [3.63, 3.8) is 0 Å². The van der Waals surface area contributed by atoms with Gasteiger partial charge in [0.05, 0.1) is 0 Å². The number of rotatable bonds is 4. The Morgan fingerprint density at radius 2 is 1.55 bits per heavy atom. The van der Waals surface area contributed by atoms with E-state index in [2.05, 4.69) is 13.0 Å². The van der Waals surface area contributed by atoms with Crippen LogP contribution in [0.2, 0.25) is 0 Å². The van der Waals surface area contributed by atoms with Gasteiger partial charge in [-0.3, -0.25) is 0 Å². The highest BCUT2D eigenvalue weighted by atomic mass is 19.4. The summed E-state index contributed by atoms with van der Waals surface area (Å²) in [6.07, 6.45) is 8.11. The van der Waals surface area contributed by atoms with Gasteiger partial charge in [0, 0.05) is 0 Å². The molecule has 0 saturated heterocycles. The molecule has 0 amide bonds. The summed E-state index contributed by atoms with van der Waals surface area (Å²) >= 11 is 0. The van der Waals surface area contributed by atoms with Crippen molar-refractivity contribution in [2.45, 2.75) is 102 Å². The van der Waals surface area contributed by atoms with Gasteiger partial charge in [0.15, 0.2) is 6.10 Å². The van der Waals surface area contributed by atoms with Gasteiger partial charge in [0.1, 0.15) is 5.75 Å². The van der Waals surface area contributed by atoms with Gasteiger partial charge in [0.25, 0.3) is 0 Å². The summed E-state index contributed by atoms with van der Waals surface area (Å²) < 4.78 is 44.0. The smallest absolute Gasteiger partial charge is 0.425 e. The molecule has 2 saturated carbocycles. The molecule has 2 aliphatic carbocycles. The summed E-state index contributed by atoms with van der Waals surface area (Å²) in [5, 5.41) is 0. The fraction of sp³-hybridized carbons (Fsp3) is 0.760. The monoisotopic (exact) mass is 408 g/mol. The third kappa shape index (κ3) is 4.94. The van der Waals surface area contributed by atoms with Crippen LogP contribution >= 0.6 is 0 Å². The summed E-state index contributed by atoms with van der Waals surface area (Å²) in [5.74, 6) is 3.79. The molecule has 1 heterocycles. The SMILES string of the molecule is CCC[C@H]1CC[C@H](C2CCC(c3ccc4c(c3)CCC(C(F)(F)F)O4)CC2)CC1. The highest BCUT2D eigenvalue weighted by Crippen LogP contribution is 2.45. The van der Waals surface area contributed by atoms with E-state index >= 15 is 0 Å². The Bertz CT molecular complexity index is 667. The molecule has 29 heavy (non-hydrogen) atoms. The second kappa shape index (κ2) is 8.89. The van der Waals surface area contributed by atoms with Crippen LogP contribution in [0.3, 0.4) is 0 Å². The standard InChI is InChI=1S/C25H35F3O/c1-2-3-17-4-6-18(7-5-17)19-8-10-20(11-9-19)21-12-14-23-22(16-21)13-15-24(29-23)25(26,27)28/h12,14,16-20,24H,2-11,13,15H2,1H3/t17-,18-,19?,20?,24?. The highest BCUT2D eigenvalue weighted by molar-refractivity contribution is 5.40. The number of aryl methyl sites for hydroxylation is 1. The van der Waals surface area contributed by atoms with Gasteiger partial charge < -0.3 is 4.74 Å². The number of halogens is 3. The molecular weight excluding hydrogens is 373 g/mol. The van der Waals surface area contributed by atoms with Crippen LogP contribution in [0.4, 0.5) is 13.2 Å². The molecule has 0 bridgehead atoms. The van der Waals surface area contributed by atoms with Crippen molar-refractivity contribution in [2.24, 2.45) is 17.8 Å². The van der Waals surface area contributed by atoms with Crippen molar-refractivity contribution in [3.8, 4) is 5.75 Å². The first-order chi connectivity index (χ1) is 13.9. The maximum absolute atomic E-state index is 12.9. The van der Waals surface area contributed by atoms with Gasteiger partial charge in [-0.15, -0.1) is 0 Å². The molecule has 4 heteroatoms. The lowest BCUT2D eigenvalue weighted by Crippen LogP contribution is -2.37. The molecular formula is C25H35F3O. The molecule has 1 aliphatic heterocycles. The molecule has 1 unspecified atom stereocenters. The van der Waals surface area contributed by atoms with Gasteiger partial charge in [-0.2, -0.15) is 13.2 Å². The van der Waals surface area contributed by atoms with E-state index in [4.69, 9.17) is 4.74 Å². The number of ether oxygens (including phenoxy) is 1. The quantitative estimate of drug-likeness (QED) is 0.493. The Morgan fingerprint density at radius 1 is 0.897 bits per heavy atom. The van der Waals surface area contributed by atoms with E-state index < -0.39 is 12.3 Å². The number of hydrogen-bond donors (Lipinski definition) is 0. The molecule has 2 fully saturated rings. The molecule has 0 N–H and O–H groups in total. The van der Waals surface area contributed by atoms with Crippen molar-refractivity contribution >= 4 is 0 Å². The fourth-order valence-corrected chi connectivity index (χ4v) is 6.17. The van der Waals surface area contributed by atoms with Gasteiger partial charge >= 0.3 is 6.18 Å². The van der Waals surface area contributed by atoms with Crippen molar-refractivity contribution in [1.82, 2.24) is 0 Å². The van der Waals surface area contributed by atoms with Crippen LogP contribution < -0.4 is 4.74 Å². The molecule has 1 aromatic rings. The van der Waals surface area contributed by atoms with Crippen LogP contribution in [0.15, 0.2) is 18.2 Å². The second-order valence-corrected chi connectivity index (χ2v) is 9.74. The average molecular weight is 409 g/mol. The van der Waals surface area contributed by atoms with Crippen LogP contribution in [0.5, 0.6) is 5.75 Å². The van der Waals surface area contributed by atoms with Crippen LogP contribution in [0.25, 0.3) is 0 Å². The minimum Gasteiger partial charge on any atom is -0.481 e. The normalized spacial score (nSPS) is 33.0. The van der Waals surface area contributed by atoms with E-state index in [1.807, 2.05) is 6.07 Å². The van der Waals surface area contributed by atoms with E-state index in [-0.39, 0.29) is 6.42 Å². The molecule has 1 atom stereocenters. The Kier molecular flexibility index (Phi) is 6.46. The number of alkyl halides is 3. The summed E-state index contributed by atoms with van der Waals surface area (Å²) in [6, 6.07) is 5.92. The zero-order valence-electron chi connectivity index (χ0n) is 17.6. The predicted molar refractivity (Wildman–Crippen MR) is 110 cm³/mol. The lowest BCUT2D eigenvalue weighted by atomic mass is 9.68. The molecule has 1 nitrogen and oxygen atoms in total. The molecule has 162 valence electrons. The first-order valence-corrected chi connectivity index (χ1v) is 11.8. The zero-order chi connectivity index (χ0) is 20.4. The maximum atomic E-state index is 12.9. The minimum absolute atomic E-state index is 0.0351. The molecule has 1 aromatic carbocycles. The van der Waals surface area contributed by atoms with E-state index in [1.54, 1.807) is 6.07 Å². The largest absolute Gasteiger partial charge is 0.481 e. The van der Waals surface area contributed by atoms with Crippen LogP contribution in [0.1, 0.15) is 94.6 Å². The maximum Gasteiger partial charge on any atom is 0.425 e. The first kappa shape index (κ1) is 21.1. The summed E-state index contributed by atoms with van der Waals surface area (Å²) in [6.45, 7) is 2.30. The van der Waals surface area contributed by atoms with Gasteiger partial charge in [-0.25, -0.2) is 0 Å². The molecule has 0 radical (unpaired) electrons. The Morgan fingerprint density at radius 3 is 2.17 bits per heavy atom. The van der Waals surface area contributed by atoms with Gasteiger partial charge in [0.2, 0.25) is 0 Å². The van der Waals surface area contributed by atoms with Crippen molar-refractivity contribution in [2.75, 3.05) is 0 Å². The zero-order valence-corrected chi connectivity index (χ0v) is 17.6. The van der Waals surface area contributed by atoms with Crippen molar-refractivity contribution in [1.29, 1.82) is 0 Å². The van der Waals surface area contributed by atoms with Crippen LogP contribution in [-0.4, -0.2) is 12.3 Å². The molecule has 0 aromatic heterocycles. The Balaban J connectivity index is 1.31. The second-order valence-electron chi connectivity index (χ2n) is 9.74. The summed E-state index contributed by atoms with van der Waals surface area (Å²) in [5.41, 5.74) is 2.27. The van der Waals surface area contributed by atoms with Crippen molar-refractivity contribution in [3.05, 3.63) is 29.3 Å². The lowest BCUT2D eigenvalue weighted by molar-refractivity contribution is -0.199. The predicted octanol–water partition coefficient (Wildman–Crippen LogP) is 7.82. The first-order valence-electron chi connectivity index (χ1n) is 11.8. The Hall–Kier alpha value is -1.19. The molecule has 0 spiro atoms. The summed E-state index contributed by atoms with van der Waals surface area (Å²) in [7, 11) is 0. The van der Waals surface area contributed by atoms with Crippen LogP contribution in [0, 0.1) is 17.8 Å². The summed E-state index contributed by atoms with van der Waals surface area (Å²) in [4.78, 5) is 0. The fourth-order valence-electron chi connectivity index (χ4n) is 6.17. The van der Waals surface area contributed by atoms with Gasteiger partial charge in [-0.05, 0) is 92.2 Å². The third-order valence-corrected chi connectivity index (χ3v) is 7.89. The number of hydrogen-bond acceptors (Lipinski definition) is 1.